The van der Waals surface area contributed by atoms with Gasteiger partial charge in [-0.1, -0.05) is 235 Å². The zero-order valence-corrected chi connectivity index (χ0v) is 44.4. The lowest BCUT2D eigenvalue weighted by atomic mass is 10.0. The van der Waals surface area contributed by atoms with E-state index in [1.54, 1.807) is 6.08 Å². The van der Waals surface area contributed by atoms with Crippen LogP contribution in [0.25, 0.3) is 0 Å². The molecule has 0 radical (unpaired) electrons. The monoisotopic (exact) mass is 938 g/mol. The third kappa shape index (κ3) is 52.8. The van der Waals surface area contributed by atoms with Gasteiger partial charge in [0.05, 0.1) is 25.4 Å². The van der Waals surface area contributed by atoms with Crippen molar-refractivity contribution in [2.75, 3.05) is 13.2 Å². The zero-order chi connectivity index (χ0) is 48.6. The van der Waals surface area contributed by atoms with Gasteiger partial charge in [0.1, 0.15) is 0 Å². The average Bonchev–Trinajstić information content (AvgIpc) is 3.33. The first-order valence-electron chi connectivity index (χ1n) is 29.1. The molecule has 0 heterocycles. The van der Waals surface area contributed by atoms with E-state index in [1.165, 1.54) is 173 Å². The van der Waals surface area contributed by atoms with Crippen LogP contribution in [0.4, 0.5) is 0 Å². The van der Waals surface area contributed by atoms with Crippen molar-refractivity contribution >= 4 is 11.9 Å². The Hall–Kier alpha value is -2.44. The van der Waals surface area contributed by atoms with Crippen LogP contribution in [0.2, 0.25) is 0 Å². The summed E-state index contributed by atoms with van der Waals surface area (Å²) in [7, 11) is 0. The third-order valence-corrected chi connectivity index (χ3v) is 13.0. The van der Waals surface area contributed by atoms with Crippen LogP contribution in [0.5, 0.6) is 0 Å². The first kappa shape index (κ1) is 64.6. The molecule has 0 aliphatic carbocycles. The number of aliphatic hydroxyl groups excluding tert-OH is 2. The van der Waals surface area contributed by atoms with Crippen molar-refractivity contribution in [3.05, 3.63) is 60.8 Å². The molecule has 0 aliphatic heterocycles. The van der Waals surface area contributed by atoms with Crippen molar-refractivity contribution in [3.8, 4) is 0 Å². The minimum Gasteiger partial charge on any atom is -0.466 e. The SMILES string of the molecule is CCCCCC/C=C\C/C=C\CCCCCCCCCC(=O)OCCCCC/C=C\C/C=C\CCCCCCCCCC(=O)NC(CO)C(O)/C=C/CCCCCCCCCCCCCCC. The highest BCUT2D eigenvalue weighted by molar-refractivity contribution is 5.76. The largest absolute Gasteiger partial charge is 0.466 e. The topological polar surface area (TPSA) is 95.9 Å². The number of rotatable bonds is 53. The molecule has 2 atom stereocenters. The Kier molecular flexibility index (Phi) is 54.1. The van der Waals surface area contributed by atoms with Gasteiger partial charge in [0.15, 0.2) is 0 Å². The highest BCUT2D eigenvalue weighted by atomic mass is 16.5. The molecule has 1 amide bonds. The maximum absolute atomic E-state index is 12.4. The number of esters is 1. The average molecular weight is 939 g/mol. The van der Waals surface area contributed by atoms with E-state index in [0.717, 1.165) is 89.9 Å². The molecule has 0 aliphatic rings. The predicted molar refractivity (Wildman–Crippen MR) is 292 cm³/mol. The van der Waals surface area contributed by atoms with Crippen LogP contribution in [0.1, 0.15) is 290 Å². The number of amides is 1. The Bertz CT molecular complexity index is 1170. The molecule has 0 aromatic carbocycles. The van der Waals surface area contributed by atoms with Crippen molar-refractivity contribution in [2.45, 2.75) is 302 Å². The first-order valence-corrected chi connectivity index (χ1v) is 29.1. The fourth-order valence-electron chi connectivity index (χ4n) is 8.52. The van der Waals surface area contributed by atoms with Crippen molar-refractivity contribution in [2.24, 2.45) is 0 Å². The molecule has 2 unspecified atom stereocenters. The highest BCUT2D eigenvalue weighted by Gasteiger charge is 2.18. The Morgan fingerprint density at radius 3 is 1.15 bits per heavy atom. The molecule has 6 nitrogen and oxygen atoms in total. The van der Waals surface area contributed by atoms with Crippen LogP contribution in [0, 0.1) is 0 Å². The molecule has 0 saturated carbocycles. The molecule has 0 spiro atoms. The second kappa shape index (κ2) is 56.2. The van der Waals surface area contributed by atoms with Crippen LogP contribution in [-0.2, 0) is 14.3 Å². The lowest BCUT2D eigenvalue weighted by Gasteiger charge is -2.20. The maximum atomic E-state index is 12.4. The Labute approximate surface area is 416 Å². The Balaban J connectivity index is 3.53. The summed E-state index contributed by atoms with van der Waals surface area (Å²) in [5.41, 5.74) is 0. The van der Waals surface area contributed by atoms with E-state index in [-0.39, 0.29) is 18.5 Å². The van der Waals surface area contributed by atoms with E-state index in [4.69, 9.17) is 4.74 Å². The molecular formula is C61H111NO5. The number of hydrogen-bond acceptors (Lipinski definition) is 5. The number of nitrogens with one attached hydrogen (secondary N) is 1. The number of allylic oxidation sites excluding steroid dienone is 9. The number of carbonyl (C=O) groups excluding carboxylic acids is 2. The van der Waals surface area contributed by atoms with Gasteiger partial charge in [-0.15, -0.1) is 0 Å². The van der Waals surface area contributed by atoms with Crippen molar-refractivity contribution in [1.82, 2.24) is 5.32 Å². The van der Waals surface area contributed by atoms with Crippen LogP contribution >= 0.6 is 0 Å². The summed E-state index contributed by atoms with van der Waals surface area (Å²) in [5.74, 6) is -0.110. The molecule has 3 N–H and O–H groups in total. The van der Waals surface area contributed by atoms with E-state index in [2.05, 4.69) is 67.8 Å². The molecule has 67 heavy (non-hydrogen) atoms. The fourth-order valence-corrected chi connectivity index (χ4v) is 8.52. The van der Waals surface area contributed by atoms with Gasteiger partial charge in [0.25, 0.3) is 0 Å². The number of ether oxygens (including phenoxy) is 1. The van der Waals surface area contributed by atoms with E-state index in [1.807, 2.05) is 6.08 Å². The molecule has 0 aromatic rings. The summed E-state index contributed by atoms with van der Waals surface area (Å²) in [6, 6.07) is -0.641. The summed E-state index contributed by atoms with van der Waals surface area (Å²) >= 11 is 0. The van der Waals surface area contributed by atoms with Gasteiger partial charge in [-0.3, -0.25) is 9.59 Å². The summed E-state index contributed by atoms with van der Waals surface area (Å²) in [5, 5.41) is 23.1. The quantitative estimate of drug-likeness (QED) is 0.0321. The normalized spacial score (nSPS) is 13.1. The second-order valence-corrected chi connectivity index (χ2v) is 19.6. The zero-order valence-electron chi connectivity index (χ0n) is 44.4. The summed E-state index contributed by atoms with van der Waals surface area (Å²) in [6.45, 7) is 4.83. The molecule has 0 saturated heterocycles. The molecule has 0 rings (SSSR count). The van der Waals surface area contributed by atoms with Crippen molar-refractivity contribution in [1.29, 1.82) is 0 Å². The Morgan fingerprint density at radius 2 is 0.746 bits per heavy atom. The third-order valence-electron chi connectivity index (χ3n) is 13.0. The van der Waals surface area contributed by atoms with Crippen LogP contribution in [-0.4, -0.2) is 47.4 Å². The summed E-state index contributed by atoms with van der Waals surface area (Å²) in [4.78, 5) is 24.5. The van der Waals surface area contributed by atoms with Crippen molar-refractivity contribution in [3.63, 3.8) is 0 Å². The van der Waals surface area contributed by atoms with E-state index >= 15 is 0 Å². The van der Waals surface area contributed by atoms with E-state index in [0.29, 0.717) is 19.4 Å². The van der Waals surface area contributed by atoms with Gasteiger partial charge in [-0.05, 0) is 103 Å². The van der Waals surface area contributed by atoms with Crippen LogP contribution in [0.3, 0.4) is 0 Å². The molecule has 390 valence electrons. The number of carbonyl (C=O) groups is 2. The van der Waals surface area contributed by atoms with E-state index < -0.39 is 12.1 Å². The van der Waals surface area contributed by atoms with E-state index in [9.17, 15) is 19.8 Å². The van der Waals surface area contributed by atoms with Gasteiger partial charge < -0.3 is 20.3 Å². The van der Waals surface area contributed by atoms with Gasteiger partial charge in [0, 0.05) is 12.8 Å². The van der Waals surface area contributed by atoms with Crippen LogP contribution < -0.4 is 5.32 Å². The molecule has 0 aromatic heterocycles. The minimum absolute atomic E-state index is 0.0245. The minimum atomic E-state index is -0.856. The molecule has 6 heteroatoms. The predicted octanol–water partition coefficient (Wildman–Crippen LogP) is 18.0. The second-order valence-electron chi connectivity index (χ2n) is 19.6. The first-order chi connectivity index (χ1) is 33.0. The van der Waals surface area contributed by atoms with Gasteiger partial charge in [0.2, 0.25) is 5.91 Å². The summed E-state index contributed by atoms with van der Waals surface area (Å²) < 4.78 is 5.46. The highest BCUT2D eigenvalue weighted by Crippen LogP contribution is 2.15. The molecule has 0 bridgehead atoms. The van der Waals surface area contributed by atoms with Gasteiger partial charge >= 0.3 is 5.97 Å². The van der Waals surface area contributed by atoms with Crippen molar-refractivity contribution < 1.29 is 24.5 Å². The van der Waals surface area contributed by atoms with Crippen LogP contribution in [0.15, 0.2) is 60.8 Å². The lowest BCUT2D eigenvalue weighted by molar-refractivity contribution is -0.143. The maximum Gasteiger partial charge on any atom is 0.305 e. The standard InChI is InChI=1S/C61H111NO5/c1-3-5-7-9-11-13-15-17-19-20-23-27-31-35-39-43-47-51-55-61(66)67-56-52-48-44-40-36-32-28-24-21-22-26-30-34-38-42-46-50-54-60(65)62-58(57-63)59(64)53-49-45-41-37-33-29-25-18-16-14-12-10-8-6-4-2/h13,15,19-21,24,32,36,49,53,58-59,63-64H,3-12,14,16-18,22-23,25-31,33-35,37-48,50-52,54-57H2,1-2H3,(H,62,65)/b15-13-,20-19-,24-21-,36-32-,53-49+. The number of aliphatic hydroxyl groups is 2. The van der Waals surface area contributed by atoms with Gasteiger partial charge in [-0.2, -0.15) is 0 Å². The molecule has 0 fully saturated rings. The Morgan fingerprint density at radius 1 is 0.418 bits per heavy atom. The number of unbranched alkanes of at least 4 members (excludes halogenated alkanes) is 34. The van der Waals surface area contributed by atoms with Gasteiger partial charge in [-0.25, -0.2) is 0 Å². The lowest BCUT2D eigenvalue weighted by Crippen LogP contribution is -2.45. The molecular weight excluding hydrogens is 827 g/mol. The fraction of sp³-hybridized carbons (Fsp3) is 0.803. The smallest absolute Gasteiger partial charge is 0.305 e. The number of hydrogen-bond donors (Lipinski definition) is 3. The summed E-state index contributed by atoms with van der Waals surface area (Å²) in [6.07, 6.45) is 72.4.